The zero-order valence-electron chi connectivity index (χ0n) is 28.7. The van der Waals surface area contributed by atoms with Crippen LogP contribution in [0.5, 0.6) is 0 Å². The maximum absolute atomic E-state index is 12.4. The highest BCUT2D eigenvalue weighted by atomic mass is 31.2. The predicted octanol–water partition coefficient (Wildman–Crippen LogP) is 10.2. The molecule has 0 amide bonds. The van der Waals surface area contributed by atoms with Crippen LogP contribution in [0.3, 0.4) is 0 Å². The molecule has 46 heavy (non-hydrogen) atoms. The SMILES string of the molecule is CC/C=C\C/C=C\C/C=C\CCCCCC(=O)OCC(COP(=O)(O)OCC)OC(=O)CCCCC/C=C\C/C=C\C/C=C\CC. The summed E-state index contributed by atoms with van der Waals surface area (Å²) < 4.78 is 32.4. The van der Waals surface area contributed by atoms with Gasteiger partial charge in [0.15, 0.2) is 6.10 Å². The van der Waals surface area contributed by atoms with Gasteiger partial charge in [-0.05, 0) is 84.0 Å². The second-order valence-electron chi connectivity index (χ2n) is 10.8. The van der Waals surface area contributed by atoms with Gasteiger partial charge in [-0.2, -0.15) is 0 Å². The molecule has 0 aliphatic rings. The van der Waals surface area contributed by atoms with E-state index in [1.165, 1.54) is 0 Å². The molecule has 0 aliphatic carbocycles. The number of hydrogen-bond acceptors (Lipinski definition) is 7. The van der Waals surface area contributed by atoms with Crippen molar-refractivity contribution in [2.24, 2.45) is 0 Å². The van der Waals surface area contributed by atoms with Gasteiger partial charge in [0.25, 0.3) is 0 Å². The van der Waals surface area contributed by atoms with Crippen LogP contribution in [0.25, 0.3) is 0 Å². The van der Waals surface area contributed by atoms with Crippen molar-refractivity contribution in [3.63, 3.8) is 0 Å². The Hall–Kier alpha value is -2.51. The Morgan fingerprint density at radius 2 is 1.04 bits per heavy atom. The minimum atomic E-state index is -4.29. The lowest BCUT2D eigenvalue weighted by atomic mass is 10.1. The number of allylic oxidation sites excluding steroid dienone is 12. The molecule has 0 saturated heterocycles. The van der Waals surface area contributed by atoms with Crippen molar-refractivity contribution in [2.45, 2.75) is 130 Å². The van der Waals surface area contributed by atoms with Crippen LogP contribution < -0.4 is 0 Å². The van der Waals surface area contributed by atoms with E-state index in [1.807, 2.05) is 0 Å². The second kappa shape index (κ2) is 32.4. The van der Waals surface area contributed by atoms with Gasteiger partial charge in [-0.3, -0.25) is 18.6 Å². The number of hydrogen-bond donors (Lipinski definition) is 1. The Labute approximate surface area is 279 Å². The van der Waals surface area contributed by atoms with Gasteiger partial charge in [0.1, 0.15) is 6.61 Å². The third-order valence-electron chi connectivity index (χ3n) is 6.51. The molecular formula is C37H61O8P. The van der Waals surface area contributed by atoms with Crippen LogP contribution >= 0.6 is 7.82 Å². The Bertz CT molecular complexity index is 980. The summed E-state index contributed by atoms with van der Waals surface area (Å²) in [7, 11) is -4.29. The molecule has 2 unspecified atom stereocenters. The van der Waals surface area contributed by atoms with Crippen LogP contribution in [0.2, 0.25) is 0 Å². The molecule has 0 radical (unpaired) electrons. The highest BCUT2D eigenvalue weighted by Gasteiger charge is 2.25. The number of rotatable bonds is 30. The molecule has 262 valence electrons. The van der Waals surface area contributed by atoms with Crippen molar-refractivity contribution in [1.29, 1.82) is 0 Å². The van der Waals surface area contributed by atoms with Gasteiger partial charge in [-0.1, -0.05) is 99.6 Å². The molecule has 1 N–H and O–H groups in total. The lowest BCUT2D eigenvalue weighted by Gasteiger charge is -2.19. The standard InChI is InChI=1S/C37H61O8P/c1-4-7-9-11-13-15-17-19-21-23-25-27-29-31-36(38)42-33-35(34-44-46(40,41)43-6-3)45-37(39)32-30-28-26-24-22-20-18-16-14-12-10-8-5-2/h7-10,13-16,19-22,35H,4-6,11-12,17-18,23-34H2,1-3H3,(H,40,41)/b9-7-,10-8-,15-13-,16-14-,21-19-,22-20-. The first-order valence-electron chi connectivity index (χ1n) is 17.2. The predicted molar refractivity (Wildman–Crippen MR) is 188 cm³/mol. The maximum atomic E-state index is 12.4. The summed E-state index contributed by atoms with van der Waals surface area (Å²) >= 11 is 0. The van der Waals surface area contributed by atoms with E-state index >= 15 is 0 Å². The summed E-state index contributed by atoms with van der Waals surface area (Å²) in [5.74, 6) is -0.878. The van der Waals surface area contributed by atoms with E-state index in [9.17, 15) is 19.0 Å². The topological polar surface area (TPSA) is 108 Å². The van der Waals surface area contributed by atoms with Crippen molar-refractivity contribution in [2.75, 3.05) is 19.8 Å². The number of phosphoric ester groups is 1. The summed E-state index contributed by atoms with van der Waals surface area (Å²) in [5, 5.41) is 0. The normalized spacial score (nSPS) is 14.4. The number of unbranched alkanes of at least 4 members (excludes halogenated alkanes) is 6. The summed E-state index contributed by atoms with van der Waals surface area (Å²) in [4.78, 5) is 34.5. The maximum Gasteiger partial charge on any atom is 0.472 e. The monoisotopic (exact) mass is 664 g/mol. The van der Waals surface area contributed by atoms with Crippen molar-refractivity contribution < 1.29 is 37.6 Å². The largest absolute Gasteiger partial charge is 0.472 e. The highest BCUT2D eigenvalue weighted by Crippen LogP contribution is 2.43. The minimum Gasteiger partial charge on any atom is -0.462 e. The van der Waals surface area contributed by atoms with E-state index in [4.69, 9.17) is 18.5 Å². The molecule has 2 atom stereocenters. The van der Waals surface area contributed by atoms with Crippen molar-refractivity contribution in [1.82, 2.24) is 0 Å². The molecule has 0 spiro atoms. The Balaban J connectivity index is 4.33. The third-order valence-corrected chi connectivity index (χ3v) is 7.57. The van der Waals surface area contributed by atoms with E-state index in [2.05, 4.69) is 86.8 Å². The molecule has 0 aromatic heterocycles. The molecule has 9 heteroatoms. The minimum absolute atomic E-state index is 0.0144. The average molecular weight is 665 g/mol. The Morgan fingerprint density at radius 1 is 0.587 bits per heavy atom. The Kier molecular flexibility index (Phi) is 30.7. The summed E-state index contributed by atoms with van der Waals surface area (Å²) in [6, 6.07) is 0. The van der Waals surface area contributed by atoms with Crippen LogP contribution in [0, 0.1) is 0 Å². The van der Waals surface area contributed by atoms with E-state index in [0.717, 1.165) is 77.0 Å². The second-order valence-corrected chi connectivity index (χ2v) is 12.2. The number of carbonyl (C=O) groups excluding carboxylic acids is 2. The van der Waals surface area contributed by atoms with Crippen LogP contribution in [-0.4, -0.2) is 42.8 Å². The molecular weight excluding hydrogens is 603 g/mol. The average Bonchev–Trinajstić information content (AvgIpc) is 3.03. The molecule has 0 bridgehead atoms. The molecule has 0 rings (SSSR count). The summed E-state index contributed by atoms with van der Waals surface area (Å²) in [6.07, 6.45) is 38.2. The fourth-order valence-corrected chi connectivity index (χ4v) is 4.82. The van der Waals surface area contributed by atoms with Crippen molar-refractivity contribution in [3.05, 3.63) is 72.9 Å². The first-order valence-corrected chi connectivity index (χ1v) is 18.7. The Morgan fingerprint density at radius 3 is 1.52 bits per heavy atom. The van der Waals surface area contributed by atoms with Crippen molar-refractivity contribution >= 4 is 19.8 Å². The first kappa shape index (κ1) is 43.5. The van der Waals surface area contributed by atoms with Gasteiger partial charge in [-0.25, -0.2) is 4.57 Å². The fraction of sp³-hybridized carbons (Fsp3) is 0.622. The molecule has 0 aromatic rings. The van der Waals surface area contributed by atoms with E-state index in [1.54, 1.807) is 6.92 Å². The van der Waals surface area contributed by atoms with Crippen LogP contribution in [0.4, 0.5) is 0 Å². The molecule has 0 fully saturated rings. The van der Waals surface area contributed by atoms with Crippen LogP contribution in [0.15, 0.2) is 72.9 Å². The summed E-state index contributed by atoms with van der Waals surface area (Å²) in [5.41, 5.74) is 0. The number of phosphoric acid groups is 1. The van der Waals surface area contributed by atoms with Gasteiger partial charge in [0.2, 0.25) is 0 Å². The molecule has 8 nitrogen and oxygen atoms in total. The fourth-order valence-electron chi connectivity index (χ4n) is 4.07. The van der Waals surface area contributed by atoms with E-state index in [-0.39, 0.29) is 26.1 Å². The highest BCUT2D eigenvalue weighted by molar-refractivity contribution is 7.47. The van der Waals surface area contributed by atoms with Gasteiger partial charge >= 0.3 is 19.8 Å². The van der Waals surface area contributed by atoms with Gasteiger partial charge in [-0.15, -0.1) is 0 Å². The van der Waals surface area contributed by atoms with E-state index < -0.39 is 32.5 Å². The number of esters is 2. The zero-order valence-corrected chi connectivity index (χ0v) is 29.6. The third kappa shape index (κ3) is 31.5. The number of ether oxygens (including phenoxy) is 2. The lowest BCUT2D eigenvalue weighted by Crippen LogP contribution is -2.29. The van der Waals surface area contributed by atoms with Crippen LogP contribution in [-0.2, 0) is 32.7 Å². The van der Waals surface area contributed by atoms with Gasteiger partial charge in [0.05, 0.1) is 13.2 Å². The molecule has 0 saturated carbocycles. The molecule has 0 aromatic carbocycles. The van der Waals surface area contributed by atoms with Crippen LogP contribution in [0.1, 0.15) is 124 Å². The number of carbonyl (C=O) groups is 2. The molecule has 0 aliphatic heterocycles. The lowest BCUT2D eigenvalue weighted by molar-refractivity contribution is -0.161. The van der Waals surface area contributed by atoms with E-state index in [0.29, 0.717) is 12.8 Å². The zero-order chi connectivity index (χ0) is 34.0. The summed E-state index contributed by atoms with van der Waals surface area (Å²) in [6.45, 7) is 5.12. The first-order chi connectivity index (χ1) is 22.3. The molecule has 0 heterocycles. The van der Waals surface area contributed by atoms with Gasteiger partial charge in [0, 0.05) is 12.8 Å². The van der Waals surface area contributed by atoms with Crippen molar-refractivity contribution in [3.8, 4) is 0 Å². The van der Waals surface area contributed by atoms with Gasteiger partial charge < -0.3 is 14.4 Å². The smallest absolute Gasteiger partial charge is 0.462 e. The quantitative estimate of drug-likeness (QED) is 0.0350.